The molecule has 1 rings (SSSR count). The second-order valence-corrected chi connectivity index (χ2v) is 3.12. The smallest absolute Gasteiger partial charge is 0.323 e. The maximum Gasteiger partial charge on any atom is 0.323 e. The summed E-state index contributed by atoms with van der Waals surface area (Å²) < 4.78 is 0. The van der Waals surface area contributed by atoms with E-state index in [4.69, 9.17) is 0 Å². The summed E-state index contributed by atoms with van der Waals surface area (Å²) in [4.78, 5) is 16.7. The molecule has 0 aromatic heterocycles. The standard InChI is InChI=1S/C6H11N3OS/c1-7-5(10)9-3-4-11-6(9)8-2/h3-4H2,1-2H3,(H,7,10). The summed E-state index contributed by atoms with van der Waals surface area (Å²) in [7, 11) is 3.32. The summed E-state index contributed by atoms with van der Waals surface area (Å²) in [6.07, 6.45) is 0. The zero-order valence-electron chi connectivity index (χ0n) is 6.63. The number of rotatable bonds is 0. The molecule has 11 heavy (non-hydrogen) atoms. The summed E-state index contributed by atoms with van der Waals surface area (Å²) in [6.45, 7) is 0.761. The molecule has 0 aromatic carbocycles. The Hall–Kier alpha value is -0.710. The van der Waals surface area contributed by atoms with E-state index in [0.717, 1.165) is 17.5 Å². The number of nitrogens with one attached hydrogen (secondary N) is 1. The molecule has 1 aliphatic rings. The Bertz CT molecular complexity index is 192. The van der Waals surface area contributed by atoms with Gasteiger partial charge >= 0.3 is 6.03 Å². The third kappa shape index (κ3) is 1.65. The highest BCUT2D eigenvalue weighted by atomic mass is 32.2. The first kappa shape index (κ1) is 8.39. The molecule has 0 aromatic rings. The van der Waals surface area contributed by atoms with Crippen LogP contribution in [0, 0.1) is 0 Å². The lowest BCUT2D eigenvalue weighted by molar-refractivity contribution is 0.226. The van der Waals surface area contributed by atoms with Crippen LogP contribution in [0.25, 0.3) is 0 Å². The van der Waals surface area contributed by atoms with E-state index in [-0.39, 0.29) is 6.03 Å². The number of carbonyl (C=O) groups excluding carboxylic acids is 1. The van der Waals surface area contributed by atoms with Gasteiger partial charge in [-0.1, -0.05) is 11.8 Å². The molecule has 1 N–H and O–H groups in total. The zero-order chi connectivity index (χ0) is 8.27. The van der Waals surface area contributed by atoms with Crippen LogP contribution in [0.5, 0.6) is 0 Å². The first-order valence-corrected chi connectivity index (χ1v) is 4.37. The summed E-state index contributed by atoms with van der Waals surface area (Å²) >= 11 is 1.61. The van der Waals surface area contributed by atoms with Crippen molar-refractivity contribution in [2.24, 2.45) is 4.99 Å². The van der Waals surface area contributed by atoms with Gasteiger partial charge in [0.25, 0.3) is 0 Å². The quantitative estimate of drug-likeness (QED) is 0.575. The maximum absolute atomic E-state index is 11.1. The van der Waals surface area contributed by atoms with Crippen molar-refractivity contribution in [2.45, 2.75) is 0 Å². The minimum atomic E-state index is -0.0735. The van der Waals surface area contributed by atoms with Gasteiger partial charge in [0.1, 0.15) is 0 Å². The van der Waals surface area contributed by atoms with E-state index < -0.39 is 0 Å². The van der Waals surface area contributed by atoms with E-state index in [2.05, 4.69) is 10.3 Å². The fraction of sp³-hybridized carbons (Fsp3) is 0.667. The van der Waals surface area contributed by atoms with Crippen LogP contribution in [0.1, 0.15) is 0 Å². The number of nitrogens with zero attached hydrogens (tertiary/aromatic N) is 2. The van der Waals surface area contributed by atoms with E-state index in [1.54, 1.807) is 30.8 Å². The fourth-order valence-electron chi connectivity index (χ4n) is 0.910. The number of hydrogen-bond donors (Lipinski definition) is 1. The Kier molecular flexibility index (Phi) is 2.76. The molecule has 62 valence electrons. The van der Waals surface area contributed by atoms with Gasteiger partial charge in [0.15, 0.2) is 5.17 Å². The summed E-state index contributed by atoms with van der Waals surface area (Å²) in [5.41, 5.74) is 0. The molecular formula is C6H11N3OS. The van der Waals surface area contributed by atoms with Gasteiger partial charge in [0.05, 0.1) is 0 Å². The topological polar surface area (TPSA) is 44.7 Å². The summed E-state index contributed by atoms with van der Waals surface area (Å²) in [5, 5.41) is 3.37. The highest BCUT2D eigenvalue weighted by Gasteiger charge is 2.23. The van der Waals surface area contributed by atoms with Crippen molar-refractivity contribution in [2.75, 3.05) is 26.4 Å². The molecule has 0 bridgehead atoms. The molecule has 0 saturated carbocycles. The Morgan fingerprint density at radius 3 is 3.09 bits per heavy atom. The molecule has 1 heterocycles. The molecular weight excluding hydrogens is 162 g/mol. The Labute approximate surface area is 70.0 Å². The summed E-state index contributed by atoms with van der Waals surface area (Å²) in [6, 6.07) is -0.0735. The molecule has 0 spiro atoms. The Morgan fingerprint density at radius 1 is 1.82 bits per heavy atom. The van der Waals surface area contributed by atoms with Crippen molar-refractivity contribution < 1.29 is 4.79 Å². The second kappa shape index (κ2) is 3.61. The minimum Gasteiger partial charge on any atom is -0.341 e. The molecule has 1 fully saturated rings. The van der Waals surface area contributed by atoms with Crippen LogP contribution in [0.15, 0.2) is 4.99 Å². The number of amidine groups is 1. The molecule has 1 aliphatic heterocycles. The predicted octanol–water partition coefficient (Wildman–Crippen LogP) is 0.360. The number of carbonyl (C=O) groups is 1. The van der Waals surface area contributed by atoms with Gasteiger partial charge in [-0.05, 0) is 0 Å². The zero-order valence-corrected chi connectivity index (χ0v) is 7.44. The van der Waals surface area contributed by atoms with Crippen molar-refractivity contribution in [3.8, 4) is 0 Å². The average Bonchev–Trinajstić information content (AvgIpc) is 2.50. The van der Waals surface area contributed by atoms with Gasteiger partial charge in [-0.25, -0.2) is 4.79 Å². The molecule has 0 atom stereocenters. The number of aliphatic imine (C=N–C) groups is 1. The monoisotopic (exact) mass is 173 g/mol. The number of thioether (sulfide) groups is 1. The molecule has 0 unspecified atom stereocenters. The van der Waals surface area contributed by atoms with Crippen LogP contribution in [0.4, 0.5) is 4.79 Å². The van der Waals surface area contributed by atoms with Crippen LogP contribution >= 0.6 is 11.8 Å². The van der Waals surface area contributed by atoms with Crippen molar-refractivity contribution in [3.63, 3.8) is 0 Å². The lowest BCUT2D eigenvalue weighted by Gasteiger charge is -2.13. The minimum absolute atomic E-state index is 0.0735. The SMILES string of the molecule is CN=C1SCCN1C(=O)NC. The number of amides is 2. The number of urea groups is 1. The van der Waals surface area contributed by atoms with Gasteiger partial charge < -0.3 is 5.32 Å². The lowest BCUT2D eigenvalue weighted by atomic mass is 10.6. The highest BCUT2D eigenvalue weighted by Crippen LogP contribution is 2.16. The van der Waals surface area contributed by atoms with E-state index in [0.29, 0.717) is 0 Å². The van der Waals surface area contributed by atoms with Gasteiger partial charge in [-0.3, -0.25) is 9.89 Å². The summed E-state index contributed by atoms with van der Waals surface area (Å²) in [5.74, 6) is 0.945. The van der Waals surface area contributed by atoms with E-state index in [1.807, 2.05) is 0 Å². The number of hydrogen-bond acceptors (Lipinski definition) is 3. The first-order chi connectivity index (χ1) is 5.29. The van der Waals surface area contributed by atoms with Gasteiger partial charge in [0, 0.05) is 26.4 Å². The van der Waals surface area contributed by atoms with Gasteiger partial charge in [-0.15, -0.1) is 0 Å². The highest BCUT2D eigenvalue weighted by molar-refractivity contribution is 8.14. The second-order valence-electron chi connectivity index (χ2n) is 2.06. The van der Waals surface area contributed by atoms with Crippen LogP contribution in [0.2, 0.25) is 0 Å². The Balaban J connectivity index is 2.64. The average molecular weight is 173 g/mol. The van der Waals surface area contributed by atoms with Crippen molar-refractivity contribution in [1.82, 2.24) is 10.2 Å². The van der Waals surface area contributed by atoms with Gasteiger partial charge in [0.2, 0.25) is 0 Å². The molecule has 0 radical (unpaired) electrons. The third-order valence-corrected chi connectivity index (χ3v) is 2.48. The van der Waals surface area contributed by atoms with Crippen LogP contribution in [-0.2, 0) is 0 Å². The lowest BCUT2D eigenvalue weighted by Crippen LogP contribution is -2.38. The van der Waals surface area contributed by atoms with E-state index in [1.165, 1.54) is 0 Å². The molecule has 1 saturated heterocycles. The van der Waals surface area contributed by atoms with Crippen molar-refractivity contribution >= 4 is 23.0 Å². The van der Waals surface area contributed by atoms with E-state index in [9.17, 15) is 4.79 Å². The maximum atomic E-state index is 11.1. The van der Waals surface area contributed by atoms with Crippen LogP contribution in [0.3, 0.4) is 0 Å². The fourth-order valence-corrected chi connectivity index (χ4v) is 1.83. The van der Waals surface area contributed by atoms with Crippen molar-refractivity contribution in [3.05, 3.63) is 0 Å². The van der Waals surface area contributed by atoms with Gasteiger partial charge in [-0.2, -0.15) is 0 Å². The van der Waals surface area contributed by atoms with E-state index >= 15 is 0 Å². The first-order valence-electron chi connectivity index (χ1n) is 3.38. The molecule has 4 nitrogen and oxygen atoms in total. The van der Waals surface area contributed by atoms with Crippen LogP contribution in [-0.4, -0.2) is 42.5 Å². The molecule has 5 heteroatoms. The van der Waals surface area contributed by atoms with Crippen molar-refractivity contribution in [1.29, 1.82) is 0 Å². The van der Waals surface area contributed by atoms with Crippen LogP contribution < -0.4 is 5.32 Å². The molecule has 0 aliphatic carbocycles. The predicted molar refractivity (Wildman–Crippen MR) is 47.0 cm³/mol. The third-order valence-electron chi connectivity index (χ3n) is 1.43. The Morgan fingerprint density at radius 2 is 2.55 bits per heavy atom. The largest absolute Gasteiger partial charge is 0.341 e. The molecule has 2 amide bonds. The normalized spacial score (nSPS) is 20.9.